The number of aromatic amines is 1. The first kappa shape index (κ1) is 9.31. The molecule has 0 aliphatic rings. The molecule has 0 bridgehead atoms. The quantitative estimate of drug-likeness (QED) is 0.587. The van der Waals surface area contributed by atoms with Crippen LogP contribution in [0.3, 0.4) is 0 Å². The number of nitrogens with one attached hydrogen (secondary N) is 1. The molecule has 0 radical (unpaired) electrons. The summed E-state index contributed by atoms with van der Waals surface area (Å²) in [6, 6.07) is 0. The largest absolute Gasteiger partial charge is 0.502 e. The summed E-state index contributed by atoms with van der Waals surface area (Å²) in [4.78, 5) is 24.1. The molecular formula is C8H9NO4. The van der Waals surface area contributed by atoms with Crippen LogP contribution in [0.25, 0.3) is 0 Å². The number of aromatic nitrogens is 1. The number of aromatic hydroxyl groups is 1. The van der Waals surface area contributed by atoms with Crippen molar-refractivity contribution in [2.75, 3.05) is 0 Å². The Kier molecular flexibility index (Phi) is 2.10. The van der Waals surface area contributed by atoms with Gasteiger partial charge in [-0.25, -0.2) is 4.79 Å². The van der Waals surface area contributed by atoms with Gasteiger partial charge in [0, 0.05) is 11.3 Å². The third-order valence-electron chi connectivity index (χ3n) is 1.88. The van der Waals surface area contributed by atoms with Crippen molar-refractivity contribution in [3.05, 3.63) is 27.2 Å². The highest BCUT2D eigenvalue weighted by molar-refractivity contribution is 5.88. The van der Waals surface area contributed by atoms with Gasteiger partial charge in [0.1, 0.15) is 0 Å². The number of carboxylic acid groups (broad SMARTS) is 1. The average molecular weight is 183 g/mol. The van der Waals surface area contributed by atoms with E-state index in [9.17, 15) is 9.59 Å². The molecule has 0 saturated carbocycles. The molecule has 0 aliphatic heterocycles. The summed E-state index contributed by atoms with van der Waals surface area (Å²) < 4.78 is 0. The third-order valence-corrected chi connectivity index (χ3v) is 1.88. The van der Waals surface area contributed by atoms with Gasteiger partial charge in [-0.05, 0) is 13.8 Å². The standard InChI is InChI=1S/C8H9NO4/c1-3-4(2)9-5(8(12)13)7(11)6(3)10/h11H,1-2H3,(H,9,10)(H,12,13). The summed E-state index contributed by atoms with van der Waals surface area (Å²) in [7, 11) is 0. The van der Waals surface area contributed by atoms with Crippen LogP contribution >= 0.6 is 0 Å². The number of hydrogen-bond acceptors (Lipinski definition) is 3. The molecule has 0 aliphatic carbocycles. The molecule has 0 spiro atoms. The van der Waals surface area contributed by atoms with E-state index in [1.807, 2.05) is 0 Å². The van der Waals surface area contributed by atoms with Crippen molar-refractivity contribution >= 4 is 5.97 Å². The van der Waals surface area contributed by atoms with Crippen LogP contribution in [0.4, 0.5) is 0 Å². The highest BCUT2D eigenvalue weighted by Crippen LogP contribution is 2.11. The summed E-state index contributed by atoms with van der Waals surface area (Å²) in [5, 5.41) is 17.7. The first-order valence-electron chi connectivity index (χ1n) is 3.61. The maximum Gasteiger partial charge on any atom is 0.356 e. The minimum absolute atomic E-state index is 0.322. The van der Waals surface area contributed by atoms with E-state index < -0.39 is 22.8 Å². The van der Waals surface area contributed by atoms with Gasteiger partial charge in [-0.2, -0.15) is 0 Å². The molecule has 5 nitrogen and oxygen atoms in total. The topological polar surface area (TPSA) is 90.4 Å². The van der Waals surface area contributed by atoms with Gasteiger partial charge in [0.15, 0.2) is 11.4 Å². The highest BCUT2D eigenvalue weighted by atomic mass is 16.4. The second-order valence-corrected chi connectivity index (χ2v) is 2.73. The molecule has 0 fully saturated rings. The van der Waals surface area contributed by atoms with Gasteiger partial charge in [0.05, 0.1) is 0 Å². The lowest BCUT2D eigenvalue weighted by molar-refractivity contribution is 0.0686. The van der Waals surface area contributed by atoms with Gasteiger partial charge in [0.2, 0.25) is 5.43 Å². The Morgan fingerprint density at radius 2 is 1.92 bits per heavy atom. The fourth-order valence-corrected chi connectivity index (χ4v) is 0.957. The van der Waals surface area contributed by atoms with E-state index >= 15 is 0 Å². The molecule has 1 aromatic rings. The molecule has 1 rings (SSSR count). The van der Waals surface area contributed by atoms with E-state index in [2.05, 4.69) is 4.98 Å². The number of carboxylic acids is 1. The number of H-pyrrole nitrogens is 1. The monoisotopic (exact) mass is 183 g/mol. The maximum absolute atomic E-state index is 11.2. The first-order valence-corrected chi connectivity index (χ1v) is 3.61. The molecule has 5 heteroatoms. The van der Waals surface area contributed by atoms with Crippen LogP contribution in [0, 0.1) is 13.8 Å². The molecule has 13 heavy (non-hydrogen) atoms. The van der Waals surface area contributed by atoms with Crippen LogP contribution in [0.15, 0.2) is 4.79 Å². The molecule has 0 unspecified atom stereocenters. The molecule has 70 valence electrons. The Hall–Kier alpha value is -1.78. The number of pyridine rings is 1. The molecular weight excluding hydrogens is 174 g/mol. The second kappa shape index (κ2) is 2.93. The zero-order valence-electron chi connectivity index (χ0n) is 7.21. The molecule has 0 amide bonds. The van der Waals surface area contributed by atoms with Gasteiger partial charge in [-0.1, -0.05) is 0 Å². The van der Waals surface area contributed by atoms with Crippen LogP contribution in [-0.4, -0.2) is 21.2 Å². The minimum Gasteiger partial charge on any atom is -0.502 e. The van der Waals surface area contributed by atoms with E-state index in [4.69, 9.17) is 10.2 Å². The summed E-state index contributed by atoms with van der Waals surface area (Å²) in [6.07, 6.45) is 0. The lowest BCUT2D eigenvalue weighted by Crippen LogP contribution is -2.14. The lowest BCUT2D eigenvalue weighted by atomic mass is 10.2. The van der Waals surface area contributed by atoms with E-state index in [0.29, 0.717) is 11.3 Å². The zero-order chi connectivity index (χ0) is 10.2. The van der Waals surface area contributed by atoms with Crippen molar-refractivity contribution in [3.63, 3.8) is 0 Å². The zero-order valence-corrected chi connectivity index (χ0v) is 7.21. The number of aryl methyl sites for hydroxylation is 1. The Bertz CT molecular complexity index is 419. The first-order chi connectivity index (χ1) is 5.95. The van der Waals surface area contributed by atoms with Crippen molar-refractivity contribution in [1.29, 1.82) is 0 Å². The van der Waals surface area contributed by atoms with E-state index in [1.54, 1.807) is 6.92 Å². The van der Waals surface area contributed by atoms with Crippen molar-refractivity contribution in [2.45, 2.75) is 13.8 Å². The molecule has 0 saturated heterocycles. The van der Waals surface area contributed by atoms with Gasteiger partial charge in [-0.3, -0.25) is 4.79 Å². The SMILES string of the molecule is Cc1[nH]c(C(=O)O)c(O)c(=O)c1C. The highest BCUT2D eigenvalue weighted by Gasteiger charge is 2.15. The summed E-state index contributed by atoms with van der Waals surface area (Å²) in [5.74, 6) is -2.09. The Labute approximate surface area is 73.7 Å². The summed E-state index contributed by atoms with van der Waals surface area (Å²) >= 11 is 0. The maximum atomic E-state index is 11.2. The number of rotatable bonds is 1. The molecule has 0 atom stereocenters. The van der Waals surface area contributed by atoms with Crippen LogP contribution in [0.5, 0.6) is 5.75 Å². The predicted octanol–water partition coefficient (Wildman–Crippen LogP) is 0.396. The Morgan fingerprint density at radius 1 is 1.38 bits per heavy atom. The fraction of sp³-hybridized carbons (Fsp3) is 0.250. The van der Waals surface area contributed by atoms with Crippen molar-refractivity contribution in [3.8, 4) is 5.75 Å². The van der Waals surface area contributed by atoms with E-state index in [0.717, 1.165) is 0 Å². The van der Waals surface area contributed by atoms with Gasteiger partial charge >= 0.3 is 5.97 Å². The average Bonchev–Trinajstić information content (AvgIpc) is 2.07. The fourth-order valence-electron chi connectivity index (χ4n) is 0.957. The molecule has 1 heterocycles. The second-order valence-electron chi connectivity index (χ2n) is 2.73. The number of hydrogen-bond donors (Lipinski definition) is 3. The Morgan fingerprint density at radius 3 is 2.38 bits per heavy atom. The number of carbonyl (C=O) groups is 1. The minimum atomic E-state index is -1.35. The van der Waals surface area contributed by atoms with E-state index in [1.165, 1.54) is 6.92 Å². The predicted molar refractivity (Wildman–Crippen MR) is 45.2 cm³/mol. The van der Waals surface area contributed by atoms with Crippen molar-refractivity contribution < 1.29 is 15.0 Å². The van der Waals surface area contributed by atoms with Crippen LogP contribution in [-0.2, 0) is 0 Å². The van der Waals surface area contributed by atoms with Crippen LogP contribution < -0.4 is 5.43 Å². The molecule has 3 N–H and O–H groups in total. The summed E-state index contributed by atoms with van der Waals surface area (Å²) in [6.45, 7) is 3.09. The van der Waals surface area contributed by atoms with Gasteiger partial charge < -0.3 is 15.2 Å². The lowest BCUT2D eigenvalue weighted by Gasteiger charge is -2.03. The number of aromatic carboxylic acids is 1. The van der Waals surface area contributed by atoms with Crippen LogP contribution in [0.1, 0.15) is 21.7 Å². The third kappa shape index (κ3) is 1.40. The van der Waals surface area contributed by atoms with E-state index in [-0.39, 0.29) is 0 Å². The molecule has 0 aromatic carbocycles. The normalized spacial score (nSPS) is 10.0. The summed E-state index contributed by atoms with van der Waals surface area (Å²) in [5.41, 5.74) is -0.343. The van der Waals surface area contributed by atoms with Crippen molar-refractivity contribution in [1.82, 2.24) is 4.98 Å². The van der Waals surface area contributed by atoms with Crippen molar-refractivity contribution in [2.24, 2.45) is 0 Å². The van der Waals surface area contributed by atoms with Gasteiger partial charge in [-0.15, -0.1) is 0 Å². The van der Waals surface area contributed by atoms with Crippen LogP contribution in [0.2, 0.25) is 0 Å². The smallest absolute Gasteiger partial charge is 0.356 e. The Balaban J connectivity index is 3.60. The molecule has 1 aromatic heterocycles. The van der Waals surface area contributed by atoms with Gasteiger partial charge in [0.25, 0.3) is 0 Å².